The van der Waals surface area contributed by atoms with Crippen LogP contribution in [0, 0.1) is 0 Å². The Bertz CT molecular complexity index is 842. The Labute approximate surface area is 179 Å². The van der Waals surface area contributed by atoms with Crippen LogP contribution in [0.4, 0.5) is 11.4 Å². The molecule has 0 fully saturated rings. The number of carbonyl (C=O) groups is 2. The van der Waals surface area contributed by atoms with Crippen molar-refractivity contribution in [1.29, 1.82) is 0 Å². The van der Waals surface area contributed by atoms with Crippen LogP contribution in [0.3, 0.4) is 0 Å². The zero-order valence-corrected chi connectivity index (χ0v) is 18.6. The number of hydrogen-bond donors (Lipinski definition) is 2. The van der Waals surface area contributed by atoms with Gasteiger partial charge in [0.05, 0.1) is 25.9 Å². The van der Waals surface area contributed by atoms with E-state index in [1.807, 2.05) is 48.2 Å². The molecular weight excluding hydrogens is 378 g/mol. The lowest BCUT2D eigenvalue weighted by Crippen LogP contribution is -2.39. The first-order chi connectivity index (χ1) is 14.2. The molecule has 0 heterocycles. The van der Waals surface area contributed by atoms with Gasteiger partial charge in [-0.3, -0.25) is 14.5 Å². The monoisotopic (exact) mass is 411 g/mol. The quantitative estimate of drug-likeness (QED) is 0.646. The van der Waals surface area contributed by atoms with E-state index in [9.17, 15) is 9.59 Å². The molecule has 0 saturated heterocycles. The topological polar surface area (TPSA) is 70.7 Å². The molecule has 0 spiro atoms. The number of amides is 2. The van der Waals surface area contributed by atoms with E-state index in [0.29, 0.717) is 18.0 Å². The van der Waals surface area contributed by atoms with Gasteiger partial charge >= 0.3 is 0 Å². The summed E-state index contributed by atoms with van der Waals surface area (Å²) in [6.07, 6.45) is 0.843. The highest BCUT2D eigenvalue weighted by molar-refractivity contribution is 5.95. The van der Waals surface area contributed by atoms with Crippen LogP contribution >= 0.6 is 0 Å². The molecule has 0 saturated carbocycles. The molecule has 0 aliphatic heterocycles. The minimum atomic E-state index is -0.185. The summed E-state index contributed by atoms with van der Waals surface area (Å²) in [6, 6.07) is 15.1. The Balaban J connectivity index is 1.94. The molecule has 30 heavy (non-hydrogen) atoms. The molecule has 6 heteroatoms. The van der Waals surface area contributed by atoms with Gasteiger partial charge in [0, 0.05) is 5.69 Å². The van der Waals surface area contributed by atoms with Crippen molar-refractivity contribution in [2.24, 2.45) is 0 Å². The van der Waals surface area contributed by atoms with Crippen molar-refractivity contribution < 1.29 is 14.3 Å². The first-order valence-electron chi connectivity index (χ1n) is 10.3. The average Bonchev–Trinajstić information content (AvgIpc) is 2.68. The van der Waals surface area contributed by atoms with Gasteiger partial charge in [-0.05, 0) is 48.2 Å². The Hall–Kier alpha value is -2.86. The number of rotatable bonds is 9. The molecule has 0 aromatic heterocycles. The molecule has 2 aromatic rings. The van der Waals surface area contributed by atoms with E-state index in [1.54, 1.807) is 19.2 Å². The zero-order valence-electron chi connectivity index (χ0n) is 18.6. The van der Waals surface area contributed by atoms with Gasteiger partial charge < -0.3 is 15.4 Å². The highest BCUT2D eigenvalue weighted by Crippen LogP contribution is 2.24. The van der Waals surface area contributed by atoms with Crippen LogP contribution in [0.25, 0.3) is 0 Å². The van der Waals surface area contributed by atoms with E-state index in [-0.39, 0.29) is 30.3 Å². The number of anilines is 2. The minimum absolute atomic E-state index is 0.0647. The lowest BCUT2D eigenvalue weighted by Gasteiger charge is -2.21. The smallest absolute Gasteiger partial charge is 0.238 e. The van der Waals surface area contributed by atoms with Gasteiger partial charge in [-0.25, -0.2) is 0 Å². The first kappa shape index (κ1) is 23.4. The van der Waals surface area contributed by atoms with Gasteiger partial charge in [0.1, 0.15) is 5.75 Å². The van der Waals surface area contributed by atoms with Crippen molar-refractivity contribution in [2.45, 2.75) is 39.5 Å². The van der Waals surface area contributed by atoms with E-state index in [0.717, 1.165) is 12.1 Å². The van der Waals surface area contributed by atoms with Crippen molar-refractivity contribution in [3.05, 3.63) is 54.1 Å². The van der Waals surface area contributed by atoms with Crippen LogP contribution < -0.4 is 15.4 Å². The Morgan fingerprint density at radius 2 is 1.53 bits per heavy atom. The summed E-state index contributed by atoms with van der Waals surface area (Å²) in [4.78, 5) is 26.8. The van der Waals surface area contributed by atoms with Gasteiger partial charge in [-0.1, -0.05) is 52.0 Å². The van der Waals surface area contributed by atoms with E-state index in [1.165, 1.54) is 5.56 Å². The molecule has 6 nitrogen and oxygen atoms in total. The molecule has 2 aromatic carbocycles. The van der Waals surface area contributed by atoms with Crippen molar-refractivity contribution in [3.63, 3.8) is 0 Å². The fourth-order valence-corrected chi connectivity index (χ4v) is 3.13. The first-order valence-corrected chi connectivity index (χ1v) is 10.3. The molecule has 0 bridgehead atoms. The molecule has 0 aliphatic carbocycles. The summed E-state index contributed by atoms with van der Waals surface area (Å²) in [5.41, 5.74) is 2.64. The van der Waals surface area contributed by atoms with Crippen LogP contribution in [-0.2, 0) is 15.0 Å². The molecule has 0 radical (unpaired) electrons. The summed E-state index contributed by atoms with van der Waals surface area (Å²) >= 11 is 0. The number of methoxy groups -OCH3 is 1. The van der Waals surface area contributed by atoms with Crippen LogP contribution in [0.2, 0.25) is 0 Å². The Kier molecular flexibility index (Phi) is 8.42. The Morgan fingerprint density at radius 3 is 2.10 bits per heavy atom. The third-order valence-corrected chi connectivity index (χ3v) is 4.69. The van der Waals surface area contributed by atoms with Gasteiger partial charge in [0.2, 0.25) is 11.8 Å². The maximum absolute atomic E-state index is 12.5. The van der Waals surface area contributed by atoms with Crippen LogP contribution in [-0.4, -0.2) is 43.5 Å². The van der Waals surface area contributed by atoms with E-state index in [4.69, 9.17) is 4.74 Å². The summed E-state index contributed by atoms with van der Waals surface area (Å²) in [5, 5.41) is 5.77. The number of nitrogens with one attached hydrogen (secondary N) is 2. The second-order valence-corrected chi connectivity index (χ2v) is 8.33. The van der Waals surface area contributed by atoms with Crippen LogP contribution in [0.15, 0.2) is 48.5 Å². The van der Waals surface area contributed by atoms with E-state index < -0.39 is 0 Å². The molecular formula is C24H33N3O3. The third-order valence-electron chi connectivity index (χ3n) is 4.69. The fraction of sp³-hybridized carbons (Fsp3) is 0.417. The number of para-hydroxylation sites is 2. The van der Waals surface area contributed by atoms with Crippen molar-refractivity contribution >= 4 is 23.2 Å². The number of carbonyl (C=O) groups excluding carboxylic acids is 2. The maximum atomic E-state index is 12.5. The standard InChI is InChI=1S/C24H33N3O3/c1-6-15-27(17-23(29)26-20-9-7-8-10-21(20)30-5)16-22(28)25-19-13-11-18(12-14-19)24(2,3)4/h7-14H,6,15-17H2,1-5H3,(H,25,28)(H,26,29). The number of ether oxygens (including phenoxy) is 1. The van der Waals surface area contributed by atoms with Crippen molar-refractivity contribution in [3.8, 4) is 5.75 Å². The van der Waals surface area contributed by atoms with Crippen molar-refractivity contribution in [1.82, 2.24) is 4.90 Å². The average molecular weight is 412 g/mol. The second kappa shape index (κ2) is 10.8. The summed E-state index contributed by atoms with van der Waals surface area (Å²) in [5.74, 6) is 0.275. The molecule has 2 amide bonds. The zero-order chi connectivity index (χ0) is 22.1. The molecule has 162 valence electrons. The summed E-state index contributed by atoms with van der Waals surface area (Å²) in [7, 11) is 1.56. The summed E-state index contributed by atoms with van der Waals surface area (Å²) in [6.45, 7) is 9.40. The lowest BCUT2D eigenvalue weighted by atomic mass is 9.87. The molecule has 0 aliphatic rings. The number of nitrogens with zero attached hydrogens (tertiary/aromatic N) is 1. The third kappa shape index (κ3) is 7.19. The highest BCUT2D eigenvalue weighted by atomic mass is 16.5. The lowest BCUT2D eigenvalue weighted by molar-refractivity contribution is -0.120. The number of hydrogen-bond acceptors (Lipinski definition) is 4. The number of benzene rings is 2. The normalized spacial score (nSPS) is 11.3. The predicted molar refractivity (Wildman–Crippen MR) is 122 cm³/mol. The predicted octanol–water partition coefficient (Wildman–Crippen LogP) is 4.28. The summed E-state index contributed by atoms with van der Waals surface area (Å²) < 4.78 is 5.27. The van der Waals surface area contributed by atoms with E-state index >= 15 is 0 Å². The van der Waals surface area contributed by atoms with Crippen LogP contribution in [0.1, 0.15) is 39.7 Å². The van der Waals surface area contributed by atoms with Gasteiger partial charge in [-0.15, -0.1) is 0 Å². The molecule has 0 atom stereocenters. The molecule has 2 rings (SSSR count). The fourth-order valence-electron chi connectivity index (χ4n) is 3.13. The minimum Gasteiger partial charge on any atom is -0.495 e. The van der Waals surface area contributed by atoms with Gasteiger partial charge in [0.15, 0.2) is 0 Å². The molecule has 2 N–H and O–H groups in total. The van der Waals surface area contributed by atoms with Gasteiger partial charge in [0.25, 0.3) is 0 Å². The van der Waals surface area contributed by atoms with E-state index in [2.05, 4.69) is 31.4 Å². The van der Waals surface area contributed by atoms with Crippen LogP contribution in [0.5, 0.6) is 5.75 Å². The molecule has 0 unspecified atom stereocenters. The highest BCUT2D eigenvalue weighted by Gasteiger charge is 2.16. The Morgan fingerprint density at radius 1 is 0.933 bits per heavy atom. The second-order valence-electron chi connectivity index (χ2n) is 8.33. The largest absolute Gasteiger partial charge is 0.495 e. The maximum Gasteiger partial charge on any atom is 0.238 e. The van der Waals surface area contributed by atoms with Crippen molar-refractivity contribution in [2.75, 3.05) is 37.4 Å². The van der Waals surface area contributed by atoms with Gasteiger partial charge in [-0.2, -0.15) is 0 Å². The SMILES string of the molecule is CCCN(CC(=O)Nc1ccc(C(C)(C)C)cc1)CC(=O)Nc1ccccc1OC.